The summed E-state index contributed by atoms with van der Waals surface area (Å²) in [6.07, 6.45) is 1.42. The maximum absolute atomic E-state index is 10.8. The fraction of sp³-hybridized carbons (Fsp3) is 0.571. The van der Waals surface area contributed by atoms with E-state index in [-0.39, 0.29) is 5.97 Å². The normalized spacial score (nSPS) is 11.4. The van der Waals surface area contributed by atoms with Crippen LogP contribution in [0.25, 0.3) is 0 Å². The monoisotopic (exact) mass is 270 g/mol. The van der Waals surface area contributed by atoms with Crippen molar-refractivity contribution in [3.63, 3.8) is 0 Å². The van der Waals surface area contributed by atoms with E-state index >= 15 is 0 Å². The second-order valence-electron chi connectivity index (χ2n) is 1.78. The summed E-state index contributed by atoms with van der Waals surface area (Å²) < 4.78 is 10.3. The van der Waals surface area contributed by atoms with E-state index in [2.05, 4.69) is 4.74 Å². The zero-order chi connectivity index (χ0) is 8.69. The molecule has 0 bridgehead atoms. The molecule has 0 N–H and O–H groups in total. The SMILES string of the molecule is CCOC(=O)/C=C(/I)COC. The Morgan fingerprint density at radius 3 is 2.73 bits per heavy atom. The van der Waals surface area contributed by atoms with Gasteiger partial charge < -0.3 is 9.47 Å². The third-order valence-electron chi connectivity index (χ3n) is 0.843. The summed E-state index contributed by atoms with van der Waals surface area (Å²) in [5.41, 5.74) is 0. The van der Waals surface area contributed by atoms with Crippen LogP contribution < -0.4 is 0 Å². The van der Waals surface area contributed by atoms with Crippen LogP contribution in [0.3, 0.4) is 0 Å². The molecule has 64 valence electrons. The third kappa shape index (κ3) is 6.30. The molecule has 0 aromatic carbocycles. The van der Waals surface area contributed by atoms with Gasteiger partial charge >= 0.3 is 5.97 Å². The Bertz CT molecular complexity index is 154. The second kappa shape index (κ2) is 6.60. The Balaban J connectivity index is 3.76. The van der Waals surface area contributed by atoms with Crippen LogP contribution in [0.15, 0.2) is 9.66 Å². The summed E-state index contributed by atoms with van der Waals surface area (Å²) in [6, 6.07) is 0. The average Bonchev–Trinajstić information content (AvgIpc) is 1.87. The molecule has 0 aliphatic carbocycles. The lowest BCUT2D eigenvalue weighted by atomic mass is 10.5. The molecule has 0 heterocycles. The number of ether oxygens (including phenoxy) is 2. The van der Waals surface area contributed by atoms with Gasteiger partial charge in [-0.2, -0.15) is 0 Å². The molecule has 0 aliphatic heterocycles. The van der Waals surface area contributed by atoms with Gasteiger partial charge in [0.1, 0.15) is 0 Å². The molecule has 0 fully saturated rings. The molecule has 0 atom stereocenters. The van der Waals surface area contributed by atoms with Crippen LogP contribution in [0.1, 0.15) is 6.92 Å². The third-order valence-corrected chi connectivity index (χ3v) is 1.47. The fourth-order valence-electron chi connectivity index (χ4n) is 0.491. The van der Waals surface area contributed by atoms with E-state index in [1.54, 1.807) is 14.0 Å². The predicted octanol–water partition coefficient (Wildman–Crippen LogP) is 1.51. The van der Waals surface area contributed by atoms with Gasteiger partial charge in [-0.05, 0) is 29.5 Å². The Labute approximate surface area is 79.9 Å². The number of rotatable bonds is 4. The first kappa shape index (κ1) is 10.9. The zero-order valence-electron chi connectivity index (χ0n) is 6.59. The zero-order valence-corrected chi connectivity index (χ0v) is 8.75. The summed E-state index contributed by atoms with van der Waals surface area (Å²) in [5, 5.41) is 0. The molecule has 0 aromatic heterocycles. The van der Waals surface area contributed by atoms with E-state index in [0.29, 0.717) is 13.2 Å². The smallest absolute Gasteiger partial charge is 0.331 e. The summed E-state index contributed by atoms with van der Waals surface area (Å²) in [6.45, 7) is 2.64. The molecule has 11 heavy (non-hydrogen) atoms. The quantitative estimate of drug-likeness (QED) is 0.441. The van der Waals surface area contributed by atoms with Crippen LogP contribution in [0.2, 0.25) is 0 Å². The Hall–Kier alpha value is -0.100. The number of hydrogen-bond donors (Lipinski definition) is 0. The molecular weight excluding hydrogens is 259 g/mol. The van der Waals surface area contributed by atoms with E-state index in [4.69, 9.17) is 4.74 Å². The van der Waals surface area contributed by atoms with Gasteiger partial charge in [0.25, 0.3) is 0 Å². The van der Waals surface area contributed by atoms with Crippen molar-refractivity contribution in [2.75, 3.05) is 20.3 Å². The first-order chi connectivity index (χ1) is 5.20. The van der Waals surface area contributed by atoms with Crippen molar-refractivity contribution in [3.05, 3.63) is 9.66 Å². The maximum Gasteiger partial charge on any atom is 0.331 e. The molecule has 0 saturated carbocycles. The first-order valence-electron chi connectivity index (χ1n) is 3.22. The number of carbonyl (C=O) groups excluding carboxylic acids is 1. The van der Waals surface area contributed by atoms with Gasteiger partial charge in [0, 0.05) is 16.8 Å². The standard InChI is InChI=1S/C7H11IO3/c1-3-11-7(9)4-6(8)5-10-2/h4H,3,5H2,1-2H3/b6-4+. The number of halogens is 1. The van der Waals surface area contributed by atoms with Gasteiger partial charge in [-0.3, -0.25) is 0 Å². The molecule has 0 spiro atoms. The van der Waals surface area contributed by atoms with Crippen molar-refractivity contribution in [1.29, 1.82) is 0 Å². The number of hydrogen-bond acceptors (Lipinski definition) is 3. The minimum atomic E-state index is -0.311. The Morgan fingerprint density at radius 1 is 1.64 bits per heavy atom. The van der Waals surface area contributed by atoms with Crippen LogP contribution in [0.5, 0.6) is 0 Å². The van der Waals surface area contributed by atoms with Crippen LogP contribution in [0.4, 0.5) is 0 Å². The highest BCUT2D eigenvalue weighted by molar-refractivity contribution is 14.1. The molecule has 0 radical (unpaired) electrons. The minimum absolute atomic E-state index is 0.311. The Kier molecular flexibility index (Phi) is 6.54. The summed E-state index contributed by atoms with van der Waals surface area (Å²) in [4.78, 5) is 10.8. The molecule has 0 aliphatic rings. The lowest BCUT2D eigenvalue weighted by Crippen LogP contribution is -2.01. The first-order valence-corrected chi connectivity index (χ1v) is 4.30. The highest BCUT2D eigenvalue weighted by atomic mass is 127. The van der Waals surface area contributed by atoms with Crippen molar-refractivity contribution < 1.29 is 14.3 Å². The molecule has 0 saturated heterocycles. The van der Waals surface area contributed by atoms with Gasteiger partial charge in [-0.15, -0.1) is 0 Å². The van der Waals surface area contributed by atoms with Gasteiger partial charge in [0.2, 0.25) is 0 Å². The number of esters is 1. The van der Waals surface area contributed by atoms with Crippen molar-refractivity contribution >= 4 is 28.6 Å². The molecule has 0 amide bonds. The Morgan fingerprint density at radius 2 is 2.27 bits per heavy atom. The molecule has 0 unspecified atom stereocenters. The molecule has 3 nitrogen and oxygen atoms in total. The van der Waals surface area contributed by atoms with E-state index < -0.39 is 0 Å². The van der Waals surface area contributed by atoms with Crippen molar-refractivity contribution in [2.45, 2.75) is 6.92 Å². The van der Waals surface area contributed by atoms with E-state index in [9.17, 15) is 4.79 Å². The number of carbonyl (C=O) groups is 1. The van der Waals surface area contributed by atoms with E-state index in [0.717, 1.165) is 3.58 Å². The minimum Gasteiger partial charge on any atom is -0.463 e. The van der Waals surface area contributed by atoms with Crippen LogP contribution >= 0.6 is 22.6 Å². The highest BCUT2D eigenvalue weighted by Gasteiger charge is 1.97. The summed E-state index contributed by atoms with van der Waals surface area (Å²) in [5.74, 6) is -0.311. The summed E-state index contributed by atoms with van der Waals surface area (Å²) in [7, 11) is 1.58. The fourth-order valence-corrected chi connectivity index (χ4v) is 1.06. The van der Waals surface area contributed by atoms with Gasteiger partial charge in [-0.1, -0.05) is 0 Å². The van der Waals surface area contributed by atoms with E-state index in [1.165, 1.54) is 6.08 Å². The highest BCUT2D eigenvalue weighted by Crippen LogP contribution is 2.05. The predicted molar refractivity (Wildman–Crippen MR) is 50.6 cm³/mol. The van der Waals surface area contributed by atoms with Gasteiger partial charge in [0.15, 0.2) is 0 Å². The molecule has 0 aromatic rings. The van der Waals surface area contributed by atoms with E-state index in [1.807, 2.05) is 22.6 Å². The van der Waals surface area contributed by atoms with Gasteiger partial charge in [0.05, 0.1) is 13.2 Å². The topological polar surface area (TPSA) is 35.5 Å². The second-order valence-corrected chi connectivity index (χ2v) is 3.16. The van der Waals surface area contributed by atoms with Crippen molar-refractivity contribution in [1.82, 2.24) is 0 Å². The average molecular weight is 270 g/mol. The summed E-state index contributed by atoms with van der Waals surface area (Å²) >= 11 is 2.03. The van der Waals surface area contributed by atoms with Crippen LogP contribution in [-0.4, -0.2) is 26.3 Å². The van der Waals surface area contributed by atoms with Crippen molar-refractivity contribution in [3.8, 4) is 0 Å². The molecule has 4 heteroatoms. The number of methoxy groups -OCH3 is 1. The van der Waals surface area contributed by atoms with Crippen LogP contribution in [0, 0.1) is 0 Å². The van der Waals surface area contributed by atoms with Gasteiger partial charge in [-0.25, -0.2) is 4.79 Å². The molecular formula is C7H11IO3. The molecule has 0 rings (SSSR count). The lowest BCUT2D eigenvalue weighted by Gasteiger charge is -1.97. The largest absolute Gasteiger partial charge is 0.463 e. The lowest BCUT2D eigenvalue weighted by molar-refractivity contribution is -0.137. The maximum atomic E-state index is 10.8. The van der Waals surface area contributed by atoms with Crippen molar-refractivity contribution in [2.24, 2.45) is 0 Å². The van der Waals surface area contributed by atoms with Crippen LogP contribution in [-0.2, 0) is 14.3 Å².